The molecule has 3 N–H and O–H groups in total. The van der Waals surface area contributed by atoms with Crippen molar-refractivity contribution in [1.82, 2.24) is 15.2 Å². The van der Waals surface area contributed by atoms with Crippen molar-refractivity contribution in [3.05, 3.63) is 0 Å². The molecule has 0 saturated heterocycles. The normalized spacial score (nSPS) is 9.81. The molecule has 0 aromatic carbocycles. The van der Waals surface area contributed by atoms with Gasteiger partial charge in [-0.05, 0) is 0 Å². The van der Waals surface area contributed by atoms with Gasteiger partial charge in [-0.15, -0.1) is 16.9 Å². The van der Waals surface area contributed by atoms with Crippen molar-refractivity contribution >= 4 is 29.6 Å². The lowest BCUT2D eigenvalue weighted by Crippen LogP contribution is -2.16. The van der Waals surface area contributed by atoms with Crippen LogP contribution in [0.3, 0.4) is 0 Å². The molecule has 1 rings (SSSR count). The zero-order chi connectivity index (χ0) is 12.0. The summed E-state index contributed by atoms with van der Waals surface area (Å²) in [6, 6.07) is 0.119. The Kier molecular flexibility index (Phi) is 4.58. The van der Waals surface area contributed by atoms with E-state index in [9.17, 15) is 9.59 Å². The van der Waals surface area contributed by atoms with E-state index in [-0.39, 0.29) is 29.4 Å². The quantitative estimate of drug-likeness (QED) is 0.623. The molecule has 1 aromatic rings. The summed E-state index contributed by atoms with van der Waals surface area (Å²) in [5.74, 6) is -1.23. The van der Waals surface area contributed by atoms with Crippen molar-refractivity contribution in [1.29, 1.82) is 0 Å². The number of aromatic nitrogens is 3. The standard InChI is InChI=1S/C7H10N4O4S/c1-15-7-9-6(10-11-7)8-4(12)2-16-3-5(13)14/h2-3H2,1H3,(H,13,14)(H2,8,9,10,11,12). The first-order chi connectivity index (χ1) is 7.61. The fourth-order valence-electron chi connectivity index (χ4n) is 0.793. The molecular formula is C7H10N4O4S. The van der Waals surface area contributed by atoms with Crippen LogP contribution >= 0.6 is 11.8 Å². The number of carboxylic acids is 1. The first-order valence-electron chi connectivity index (χ1n) is 4.17. The summed E-state index contributed by atoms with van der Waals surface area (Å²) in [6.45, 7) is 0. The Morgan fingerprint density at radius 1 is 1.56 bits per heavy atom. The number of aliphatic carboxylic acids is 1. The highest BCUT2D eigenvalue weighted by Crippen LogP contribution is 2.06. The molecular weight excluding hydrogens is 236 g/mol. The van der Waals surface area contributed by atoms with Gasteiger partial charge in [-0.1, -0.05) is 0 Å². The van der Waals surface area contributed by atoms with Crippen molar-refractivity contribution in [2.75, 3.05) is 23.9 Å². The van der Waals surface area contributed by atoms with Gasteiger partial charge in [-0.2, -0.15) is 4.98 Å². The molecule has 8 nitrogen and oxygen atoms in total. The largest absolute Gasteiger partial charge is 0.481 e. The Morgan fingerprint density at radius 3 is 2.88 bits per heavy atom. The highest BCUT2D eigenvalue weighted by atomic mass is 32.2. The van der Waals surface area contributed by atoms with Gasteiger partial charge in [-0.25, -0.2) is 5.10 Å². The molecule has 0 aliphatic rings. The van der Waals surface area contributed by atoms with Crippen molar-refractivity contribution in [3.8, 4) is 6.01 Å². The van der Waals surface area contributed by atoms with Crippen LogP contribution in [0.4, 0.5) is 5.95 Å². The van der Waals surface area contributed by atoms with Crippen LogP contribution in [-0.4, -0.2) is 50.8 Å². The van der Waals surface area contributed by atoms with E-state index in [2.05, 4.69) is 20.5 Å². The van der Waals surface area contributed by atoms with Gasteiger partial charge in [0.05, 0.1) is 18.6 Å². The molecule has 0 aliphatic heterocycles. The summed E-state index contributed by atoms with van der Waals surface area (Å²) in [4.78, 5) is 25.2. The van der Waals surface area contributed by atoms with Gasteiger partial charge in [0.1, 0.15) is 0 Å². The zero-order valence-corrected chi connectivity index (χ0v) is 9.21. The molecule has 0 spiro atoms. The van der Waals surface area contributed by atoms with Crippen LogP contribution in [0.5, 0.6) is 6.01 Å². The van der Waals surface area contributed by atoms with E-state index in [1.54, 1.807) is 0 Å². The van der Waals surface area contributed by atoms with Gasteiger partial charge in [0.15, 0.2) is 0 Å². The molecule has 1 amide bonds. The van der Waals surface area contributed by atoms with E-state index >= 15 is 0 Å². The Balaban J connectivity index is 2.31. The summed E-state index contributed by atoms with van der Waals surface area (Å²) in [5, 5.41) is 16.8. The number of anilines is 1. The third-order valence-electron chi connectivity index (χ3n) is 1.36. The Morgan fingerprint density at radius 2 is 2.31 bits per heavy atom. The molecule has 9 heteroatoms. The fraction of sp³-hybridized carbons (Fsp3) is 0.429. The second-order valence-electron chi connectivity index (χ2n) is 2.61. The average molecular weight is 246 g/mol. The van der Waals surface area contributed by atoms with Gasteiger partial charge in [0, 0.05) is 0 Å². The fourth-order valence-corrected chi connectivity index (χ4v) is 1.33. The number of nitrogens with one attached hydrogen (secondary N) is 2. The maximum atomic E-state index is 11.2. The molecule has 0 unspecified atom stereocenters. The van der Waals surface area contributed by atoms with E-state index in [1.807, 2.05) is 0 Å². The third kappa shape index (κ3) is 4.17. The molecule has 0 atom stereocenters. The summed E-state index contributed by atoms with van der Waals surface area (Å²) in [6.07, 6.45) is 0. The van der Waals surface area contributed by atoms with Crippen molar-refractivity contribution in [2.24, 2.45) is 0 Å². The van der Waals surface area contributed by atoms with Crippen LogP contribution in [0.2, 0.25) is 0 Å². The van der Waals surface area contributed by atoms with E-state index in [4.69, 9.17) is 9.84 Å². The Hall–Kier alpha value is -1.77. The minimum absolute atomic E-state index is 0.0370. The van der Waals surface area contributed by atoms with Crippen molar-refractivity contribution in [2.45, 2.75) is 0 Å². The first-order valence-corrected chi connectivity index (χ1v) is 5.33. The summed E-state index contributed by atoms with van der Waals surface area (Å²) >= 11 is 0.996. The van der Waals surface area contributed by atoms with Crippen LogP contribution in [0.15, 0.2) is 0 Å². The molecule has 0 radical (unpaired) electrons. The van der Waals surface area contributed by atoms with Gasteiger partial charge in [-0.3, -0.25) is 14.9 Å². The number of carboxylic acid groups (broad SMARTS) is 1. The number of H-pyrrole nitrogens is 1. The van der Waals surface area contributed by atoms with Gasteiger partial charge < -0.3 is 9.84 Å². The van der Waals surface area contributed by atoms with E-state index < -0.39 is 5.97 Å². The molecule has 0 fully saturated rings. The predicted molar refractivity (Wildman–Crippen MR) is 56.5 cm³/mol. The molecule has 1 heterocycles. The van der Waals surface area contributed by atoms with E-state index in [0.717, 1.165) is 11.8 Å². The van der Waals surface area contributed by atoms with Crippen LogP contribution in [0.1, 0.15) is 0 Å². The monoisotopic (exact) mass is 246 g/mol. The van der Waals surface area contributed by atoms with Crippen LogP contribution in [0, 0.1) is 0 Å². The van der Waals surface area contributed by atoms with Crippen LogP contribution in [-0.2, 0) is 9.59 Å². The number of carbonyl (C=O) groups is 2. The second-order valence-corrected chi connectivity index (χ2v) is 3.59. The van der Waals surface area contributed by atoms with E-state index in [0.29, 0.717) is 0 Å². The molecule has 88 valence electrons. The number of methoxy groups -OCH3 is 1. The van der Waals surface area contributed by atoms with Gasteiger partial charge in [0.2, 0.25) is 11.9 Å². The third-order valence-corrected chi connectivity index (χ3v) is 2.28. The lowest BCUT2D eigenvalue weighted by molar-refractivity contribution is -0.133. The lowest BCUT2D eigenvalue weighted by atomic mass is 10.7. The highest BCUT2D eigenvalue weighted by Gasteiger charge is 2.08. The van der Waals surface area contributed by atoms with Crippen LogP contribution in [0.25, 0.3) is 0 Å². The number of hydrogen-bond acceptors (Lipinski definition) is 6. The van der Waals surface area contributed by atoms with Gasteiger partial charge in [0.25, 0.3) is 0 Å². The summed E-state index contributed by atoms with van der Waals surface area (Å²) < 4.78 is 4.70. The highest BCUT2D eigenvalue weighted by molar-refractivity contribution is 8.00. The number of amides is 1. The van der Waals surface area contributed by atoms with Gasteiger partial charge >= 0.3 is 12.0 Å². The average Bonchev–Trinajstić information content (AvgIpc) is 2.65. The SMILES string of the molecule is COc1n[nH]c(NC(=O)CSCC(=O)O)n1. The lowest BCUT2D eigenvalue weighted by Gasteiger charge is -1.99. The molecule has 1 aromatic heterocycles. The summed E-state index contributed by atoms with van der Waals surface area (Å²) in [5.41, 5.74) is 0. The summed E-state index contributed by atoms with van der Waals surface area (Å²) in [7, 11) is 1.40. The zero-order valence-electron chi connectivity index (χ0n) is 8.39. The number of ether oxygens (including phenoxy) is 1. The number of rotatable bonds is 6. The first kappa shape index (κ1) is 12.3. The Bertz CT molecular complexity index is 380. The Labute approximate surface area is 94.8 Å². The molecule has 16 heavy (non-hydrogen) atoms. The number of thioether (sulfide) groups is 1. The number of aromatic amines is 1. The van der Waals surface area contributed by atoms with E-state index in [1.165, 1.54) is 7.11 Å². The maximum Gasteiger partial charge on any atom is 0.336 e. The molecule has 0 saturated carbocycles. The smallest absolute Gasteiger partial charge is 0.336 e. The minimum Gasteiger partial charge on any atom is -0.481 e. The topological polar surface area (TPSA) is 117 Å². The molecule has 0 aliphatic carbocycles. The number of carbonyl (C=O) groups excluding carboxylic acids is 1. The van der Waals surface area contributed by atoms with Crippen molar-refractivity contribution in [3.63, 3.8) is 0 Å². The predicted octanol–water partition coefficient (Wildman–Crippen LogP) is -0.430. The maximum absolute atomic E-state index is 11.2. The minimum atomic E-state index is -0.959. The van der Waals surface area contributed by atoms with Crippen LogP contribution < -0.4 is 10.1 Å². The second kappa shape index (κ2) is 5.95. The van der Waals surface area contributed by atoms with Crippen molar-refractivity contribution < 1.29 is 19.4 Å². The number of nitrogens with zero attached hydrogens (tertiary/aromatic N) is 2. The molecule has 0 bridgehead atoms. The number of hydrogen-bond donors (Lipinski definition) is 3.